The van der Waals surface area contributed by atoms with Crippen LogP contribution in [0.3, 0.4) is 0 Å². The Balaban J connectivity index is 1.55. The van der Waals surface area contributed by atoms with E-state index in [1.807, 2.05) is 37.3 Å². The number of aromatic amines is 1. The number of piperidine rings is 2. The van der Waals surface area contributed by atoms with Gasteiger partial charge in [-0.3, -0.25) is 9.89 Å². The first-order valence-corrected chi connectivity index (χ1v) is 10.3. The van der Waals surface area contributed by atoms with Gasteiger partial charge >= 0.3 is 0 Å². The van der Waals surface area contributed by atoms with Crippen LogP contribution in [0.5, 0.6) is 5.75 Å². The van der Waals surface area contributed by atoms with Gasteiger partial charge in [0.05, 0.1) is 17.8 Å². The van der Waals surface area contributed by atoms with E-state index in [0.717, 1.165) is 55.8 Å². The molecule has 2 aliphatic rings. The zero-order valence-corrected chi connectivity index (χ0v) is 17.1. The highest BCUT2D eigenvalue weighted by atomic mass is 16.5. The topological polar surface area (TPSA) is 61.5 Å². The van der Waals surface area contributed by atoms with E-state index < -0.39 is 0 Å². The second-order valence-electron chi connectivity index (χ2n) is 8.18. The smallest absolute Gasteiger partial charge is 0.272 e. The van der Waals surface area contributed by atoms with Crippen molar-refractivity contribution in [3.8, 4) is 17.0 Å². The molecule has 1 aromatic heterocycles. The van der Waals surface area contributed by atoms with Crippen LogP contribution in [-0.4, -0.2) is 64.2 Å². The van der Waals surface area contributed by atoms with Gasteiger partial charge in [-0.15, -0.1) is 0 Å². The average molecular weight is 383 g/mol. The van der Waals surface area contributed by atoms with Crippen molar-refractivity contribution >= 4 is 5.91 Å². The molecule has 3 heterocycles. The number of benzene rings is 1. The number of aromatic nitrogens is 2. The number of ether oxygens (including phenoxy) is 1. The maximum atomic E-state index is 13.4. The van der Waals surface area contributed by atoms with Crippen molar-refractivity contribution < 1.29 is 9.53 Å². The number of rotatable bonds is 4. The van der Waals surface area contributed by atoms with E-state index in [0.29, 0.717) is 18.3 Å². The lowest BCUT2D eigenvalue weighted by Gasteiger charge is -2.55. The summed E-state index contributed by atoms with van der Waals surface area (Å²) in [5, 5.41) is 7.37. The van der Waals surface area contributed by atoms with Gasteiger partial charge in [0.1, 0.15) is 11.4 Å². The van der Waals surface area contributed by atoms with E-state index in [1.165, 1.54) is 0 Å². The van der Waals surface area contributed by atoms with Gasteiger partial charge < -0.3 is 14.5 Å². The molecule has 0 unspecified atom stereocenters. The van der Waals surface area contributed by atoms with Crippen LogP contribution in [0.15, 0.2) is 30.3 Å². The zero-order valence-electron chi connectivity index (χ0n) is 17.1. The monoisotopic (exact) mass is 382 g/mol. The van der Waals surface area contributed by atoms with Crippen LogP contribution >= 0.6 is 0 Å². The molecule has 150 valence electrons. The number of amides is 1. The van der Waals surface area contributed by atoms with Crippen molar-refractivity contribution in [3.63, 3.8) is 0 Å². The highest BCUT2D eigenvalue weighted by Gasteiger charge is 2.48. The Morgan fingerprint density at radius 3 is 2.82 bits per heavy atom. The third-order valence-corrected chi connectivity index (χ3v) is 6.43. The number of carbonyl (C=O) groups is 1. The Bertz CT molecular complexity index is 831. The summed E-state index contributed by atoms with van der Waals surface area (Å²) >= 11 is 0. The number of nitrogens with zero attached hydrogens (tertiary/aromatic N) is 3. The molecule has 6 nitrogen and oxygen atoms in total. The molecule has 2 aliphatic heterocycles. The van der Waals surface area contributed by atoms with E-state index in [9.17, 15) is 4.79 Å². The maximum absolute atomic E-state index is 13.4. The predicted octanol–water partition coefficient (Wildman–Crippen LogP) is 3.56. The maximum Gasteiger partial charge on any atom is 0.272 e. The summed E-state index contributed by atoms with van der Waals surface area (Å²) in [4.78, 5) is 17.9. The summed E-state index contributed by atoms with van der Waals surface area (Å²) in [7, 11) is 2.19. The molecular formula is C22H30N4O2. The third kappa shape index (κ3) is 3.30. The summed E-state index contributed by atoms with van der Waals surface area (Å²) in [6.45, 7) is 6.81. The molecule has 0 bridgehead atoms. The summed E-state index contributed by atoms with van der Waals surface area (Å²) in [6, 6.07) is 10.1. The first-order chi connectivity index (χ1) is 13.5. The molecular weight excluding hydrogens is 352 g/mol. The van der Waals surface area contributed by atoms with Gasteiger partial charge in [0.2, 0.25) is 0 Å². The largest absolute Gasteiger partial charge is 0.494 e. The molecule has 0 radical (unpaired) electrons. The second kappa shape index (κ2) is 7.59. The number of likely N-dealkylation sites (N-methyl/N-ethyl adjacent to an activating group) is 1. The Labute approximate surface area is 166 Å². The Morgan fingerprint density at radius 1 is 1.29 bits per heavy atom. The lowest BCUT2D eigenvalue weighted by molar-refractivity contribution is -0.0348. The number of fused-ring (bicyclic) bond motifs is 1. The molecule has 4 rings (SSSR count). The van der Waals surface area contributed by atoms with Gasteiger partial charge in [-0.05, 0) is 83.5 Å². The van der Waals surface area contributed by atoms with Gasteiger partial charge in [-0.1, -0.05) is 0 Å². The van der Waals surface area contributed by atoms with E-state index in [1.54, 1.807) is 0 Å². The second-order valence-corrected chi connectivity index (χ2v) is 8.18. The molecule has 6 heteroatoms. The lowest BCUT2D eigenvalue weighted by Crippen LogP contribution is -2.66. The lowest BCUT2D eigenvalue weighted by atomic mass is 9.76. The fourth-order valence-electron chi connectivity index (χ4n) is 4.97. The number of likely N-dealkylation sites (tertiary alicyclic amines) is 2. The van der Waals surface area contributed by atoms with E-state index >= 15 is 0 Å². The first kappa shape index (κ1) is 19.0. The number of carbonyl (C=O) groups excluding carboxylic acids is 1. The SMILES string of the molecule is CCOc1ccc(-c2cc(C(=O)N3CCC[C@@H]4N(C)CCC[C@@]43C)[nH]n2)cc1. The third-order valence-electron chi connectivity index (χ3n) is 6.43. The van der Waals surface area contributed by atoms with Crippen molar-refractivity contribution in [3.05, 3.63) is 36.0 Å². The van der Waals surface area contributed by atoms with Gasteiger partial charge in [0.15, 0.2) is 0 Å². The number of H-pyrrole nitrogens is 1. The van der Waals surface area contributed by atoms with Crippen LogP contribution in [0, 0.1) is 0 Å². The van der Waals surface area contributed by atoms with Crippen molar-refractivity contribution in [2.24, 2.45) is 0 Å². The Kier molecular flexibility index (Phi) is 5.15. The standard InChI is InChI=1S/C22H30N4O2/c1-4-28-17-10-8-16(9-11-17)18-15-19(24-23-18)21(27)26-14-5-7-20-22(26,2)12-6-13-25(20)3/h8-11,15,20H,4-7,12-14H2,1-3H3,(H,23,24)/t20-,22-/m0/s1. The molecule has 0 saturated carbocycles. The van der Waals surface area contributed by atoms with E-state index in [2.05, 4.69) is 34.0 Å². The average Bonchev–Trinajstić information content (AvgIpc) is 3.18. The van der Waals surface area contributed by atoms with Gasteiger partial charge in [0.25, 0.3) is 5.91 Å². The molecule has 0 aliphatic carbocycles. The highest BCUT2D eigenvalue weighted by Crippen LogP contribution is 2.39. The van der Waals surface area contributed by atoms with Crippen LogP contribution in [0.25, 0.3) is 11.3 Å². The number of hydrogen-bond acceptors (Lipinski definition) is 4. The van der Waals surface area contributed by atoms with E-state index in [4.69, 9.17) is 4.74 Å². The fraction of sp³-hybridized carbons (Fsp3) is 0.545. The van der Waals surface area contributed by atoms with Crippen molar-refractivity contribution in [1.29, 1.82) is 0 Å². The van der Waals surface area contributed by atoms with Gasteiger partial charge in [-0.25, -0.2) is 0 Å². The van der Waals surface area contributed by atoms with Crippen LogP contribution in [0.1, 0.15) is 50.0 Å². The molecule has 0 spiro atoms. The first-order valence-electron chi connectivity index (χ1n) is 10.3. The Morgan fingerprint density at radius 2 is 2.07 bits per heavy atom. The summed E-state index contributed by atoms with van der Waals surface area (Å²) < 4.78 is 5.50. The van der Waals surface area contributed by atoms with Crippen LogP contribution < -0.4 is 4.74 Å². The Hall–Kier alpha value is -2.34. The van der Waals surface area contributed by atoms with Crippen LogP contribution in [-0.2, 0) is 0 Å². The van der Waals surface area contributed by atoms with Crippen molar-refractivity contribution in [2.45, 2.75) is 51.1 Å². The highest BCUT2D eigenvalue weighted by molar-refractivity contribution is 5.94. The minimum absolute atomic E-state index is 0.0622. The number of hydrogen-bond donors (Lipinski definition) is 1. The predicted molar refractivity (Wildman–Crippen MR) is 110 cm³/mol. The summed E-state index contributed by atoms with van der Waals surface area (Å²) in [5.74, 6) is 0.902. The molecule has 2 aromatic rings. The minimum Gasteiger partial charge on any atom is -0.494 e. The normalized spacial score (nSPS) is 25.4. The van der Waals surface area contributed by atoms with Crippen LogP contribution in [0.4, 0.5) is 0 Å². The molecule has 2 saturated heterocycles. The molecule has 28 heavy (non-hydrogen) atoms. The van der Waals surface area contributed by atoms with Crippen molar-refractivity contribution in [1.82, 2.24) is 20.0 Å². The molecule has 2 atom stereocenters. The molecule has 1 N–H and O–H groups in total. The quantitative estimate of drug-likeness (QED) is 0.878. The zero-order chi connectivity index (χ0) is 19.7. The fourth-order valence-corrected chi connectivity index (χ4v) is 4.97. The van der Waals surface area contributed by atoms with Gasteiger partial charge in [0, 0.05) is 18.2 Å². The summed E-state index contributed by atoms with van der Waals surface area (Å²) in [6.07, 6.45) is 4.41. The molecule has 1 aromatic carbocycles. The molecule has 2 fully saturated rings. The van der Waals surface area contributed by atoms with Crippen molar-refractivity contribution in [2.75, 3.05) is 26.7 Å². The molecule has 1 amide bonds. The summed E-state index contributed by atoms with van der Waals surface area (Å²) in [5.41, 5.74) is 2.22. The van der Waals surface area contributed by atoms with E-state index in [-0.39, 0.29) is 11.4 Å². The van der Waals surface area contributed by atoms with Gasteiger partial charge in [-0.2, -0.15) is 5.10 Å². The number of nitrogens with one attached hydrogen (secondary N) is 1. The van der Waals surface area contributed by atoms with Crippen LogP contribution in [0.2, 0.25) is 0 Å². The minimum atomic E-state index is -0.104.